The summed E-state index contributed by atoms with van der Waals surface area (Å²) in [5, 5.41) is 3.12. The van der Waals surface area contributed by atoms with Crippen molar-refractivity contribution < 1.29 is 14.3 Å². The van der Waals surface area contributed by atoms with Crippen molar-refractivity contribution in [2.24, 2.45) is 11.3 Å². The van der Waals surface area contributed by atoms with Crippen LogP contribution in [0.5, 0.6) is 0 Å². The van der Waals surface area contributed by atoms with E-state index in [2.05, 4.69) is 35.7 Å². The topological polar surface area (TPSA) is 47.6 Å². The van der Waals surface area contributed by atoms with E-state index in [-0.39, 0.29) is 17.2 Å². The second-order valence-electron chi connectivity index (χ2n) is 7.28. The van der Waals surface area contributed by atoms with E-state index < -0.39 is 0 Å². The van der Waals surface area contributed by atoms with Crippen LogP contribution in [0.3, 0.4) is 0 Å². The molecule has 1 spiro atoms. The number of rotatable bonds is 3. The lowest BCUT2D eigenvalue weighted by molar-refractivity contribution is -0.127. The number of hydrogen-bond donors (Lipinski definition) is 1. The lowest BCUT2D eigenvalue weighted by Crippen LogP contribution is -2.55. The zero-order valence-electron chi connectivity index (χ0n) is 14.9. The van der Waals surface area contributed by atoms with Crippen LogP contribution in [0.15, 0.2) is 53.5 Å². The third-order valence-electron chi connectivity index (χ3n) is 6.24. The number of piperidine rings is 1. The van der Waals surface area contributed by atoms with E-state index in [1.807, 2.05) is 6.07 Å². The Morgan fingerprint density at radius 2 is 1.92 bits per heavy atom. The van der Waals surface area contributed by atoms with Crippen LogP contribution in [-0.4, -0.2) is 26.7 Å². The molecular formula is C21H25NO3. The van der Waals surface area contributed by atoms with E-state index >= 15 is 0 Å². The molecule has 3 aliphatic rings. The molecule has 1 aromatic carbocycles. The number of carbonyl (C=O) groups excluding carboxylic acids is 1. The molecule has 1 amide bonds. The van der Waals surface area contributed by atoms with Gasteiger partial charge in [-0.1, -0.05) is 30.3 Å². The molecule has 25 heavy (non-hydrogen) atoms. The predicted molar refractivity (Wildman–Crippen MR) is 95.7 cm³/mol. The highest BCUT2D eigenvalue weighted by Crippen LogP contribution is 2.59. The Hall–Kier alpha value is -2.23. The van der Waals surface area contributed by atoms with Gasteiger partial charge in [-0.3, -0.25) is 4.79 Å². The first-order valence-electron chi connectivity index (χ1n) is 9.03. The largest absolute Gasteiger partial charge is 0.501 e. The summed E-state index contributed by atoms with van der Waals surface area (Å²) in [5.41, 5.74) is 2.38. The van der Waals surface area contributed by atoms with Gasteiger partial charge in [-0.25, -0.2) is 0 Å². The average molecular weight is 339 g/mol. The number of nitrogens with one attached hydrogen (secondary N) is 1. The smallest absolute Gasteiger partial charge is 0.220 e. The van der Waals surface area contributed by atoms with Crippen LogP contribution in [0.25, 0.3) is 0 Å². The van der Waals surface area contributed by atoms with E-state index in [1.54, 1.807) is 14.2 Å². The minimum Gasteiger partial charge on any atom is -0.501 e. The maximum Gasteiger partial charge on any atom is 0.220 e. The molecular weight excluding hydrogens is 314 g/mol. The summed E-state index contributed by atoms with van der Waals surface area (Å²) in [7, 11) is 3.48. The maximum absolute atomic E-state index is 12.3. The molecule has 4 nitrogen and oxygen atoms in total. The van der Waals surface area contributed by atoms with Gasteiger partial charge in [-0.05, 0) is 36.3 Å². The molecule has 1 saturated heterocycles. The zero-order chi connectivity index (χ0) is 17.4. The molecule has 0 saturated carbocycles. The normalized spacial score (nSPS) is 31.4. The Balaban J connectivity index is 1.89. The fourth-order valence-electron chi connectivity index (χ4n) is 5.14. The Bertz CT molecular complexity index is 737. The third kappa shape index (κ3) is 2.46. The third-order valence-corrected chi connectivity index (χ3v) is 6.24. The Morgan fingerprint density at radius 1 is 1.12 bits per heavy atom. The minimum atomic E-state index is -0.0991. The number of carbonyl (C=O) groups is 1. The number of allylic oxidation sites excluding steroid dienone is 3. The molecule has 1 aliphatic heterocycles. The van der Waals surface area contributed by atoms with Crippen molar-refractivity contribution in [3.05, 3.63) is 59.1 Å². The highest BCUT2D eigenvalue weighted by molar-refractivity contribution is 5.78. The summed E-state index contributed by atoms with van der Waals surface area (Å²) in [6, 6.07) is 10.6. The number of methoxy groups -OCH3 is 2. The van der Waals surface area contributed by atoms with Crippen molar-refractivity contribution in [1.29, 1.82) is 0 Å². The second kappa shape index (κ2) is 6.25. The van der Waals surface area contributed by atoms with Gasteiger partial charge < -0.3 is 14.8 Å². The number of ether oxygens (including phenoxy) is 2. The number of amides is 1. The van der Waals surface area contributed by atoms with Crippen molar-refractivity contribution in [2.45, 2.75) is 31.6 Å². The van der Waals surface area contributed by atoms with Crippen LogP contribution >= 0.6 is 0 Å². The lowest BCUT2D eigenvalue weighted by atomic mass is 9.53. The molecule has 132 valence electrons. The van der Waals surface area contributed by atoms with E-state index in [9.17, 15) is 4.79 Å². The van der Waals surface area contributed by atoms with Gasteiger partial charge in [0.25, 0.3) is 0 Å². The summed E-state index contributed by atoms with van der Waals surface area (Å²) in [5.74, 6) is 2.66. The summed E-state index contributed by atoms with van der Waals surface area (Å²) in [4.78, 5) is 12.3. The van der Waals surface area contributed by atoms with E-state index in [1.165, 1.54) is 11.1 Å². The van der Waals surface area contributed by atoms with Gasteiger partial charge in [-0.15, -0.1) is 0 Å². The van der Waals surface area contributed by atoms with Crippen LogP contribution < -0.4 is 5.32 Å². The fraction of sp³-hybridized carbons (Fsp3) is 0.476. The monoisotopic (exact) mass is 339 g/mol. The Labute approximate surface area is 148 Å². The molecule has 0 bridgehead atoms. The standard InChI is InChI=1S/C21H25NO3/c1-24-17-9-6-10-21-13-22-19(23)12-16(21)15(11-18(25-2)20(17)21)14-7-4-3-5-8-14/h3-5,7-9,15-16H,6,10-13H2,1-2H3,(H,22,23). The molecule has 4 rings (SSSR count). The maximum atomic E-state index is 12.3. The van der Waals surface area contributed by atoms with Crippen molar-refractivity contribution in [2.75, 3.05) is 20.8 Å². The molecule has 2 aliphatic carbocycles. The summed E-state index contributed by atoms with van der Waals surface area (Å²) in [6.45, 7) is 0.669. The van der Waals surface area contributed by atoms with Crippen LogP contribution in [0.4, 0.5) is 0 Å². The van der Waals surface area contributed by atoms with E-state index in [0.29, 0.717) is 18.9 Å². The number of hydrogen-bond acceptors (Lipinski definition) is 3. The lowest BCUT2D eigenvalue weighted by Gasteiger charge is -2.53. The second-order valence-corrected chi connectivity index (χ2v) is 7.28. The van der Waals surface area contributed by atoms with Gasteiger partial charge in [-0.2, -0.15) is 0 Å². The van der Waals surface area contributed by atoms with Crippen LogP contribution in [0.1, 0.15) is 37.2 Å². The van der Waals surface area contributed by atoms with Gasteiger partial charge in [0.15, 0.2) is 0 Å². The van der Waals surface area contributed by atoms with Gasteiger partial charge in [0, 0.05) is 30.4 Å². The molecule has 1 heterocycles. The first-order chi connectivity index (χ1) is 12.2. The summed E-state index contributed by atoms with van der Waals surface area (Å²) in [6.07, 6.45) is 5.54. The molecule has 3 atom stereocenters. The highest BCUT2D eigenvalue weighted by atomic mass is 16.5. The molecule has 1 fully saturated rings. The van der Waals surface area contributed by atoms with Crippen LogP contribution in [0, 0.1) is 11.3 Å². The zero-order valence-corrected chi connectivity index (χ0v) is 14.9. The predicted octanol–water partition coefficient (Wildman–Crippen LogP) is 3.52. The van der Waals surface area contributed by atoms with Crippen molar-refractivity contribution in [1.82, 2.24) is 5.32 Å². The van der Waals surface area contributed by atoms with Crippen molar-refractivity contribution >= 4 is 5.91 Å². The summed E-state index contributed by atoms with van der Waals surface area (Å²) >= 11 is 0. The summed E-state index contributed by atoms with van der Waals surface area (Å²) < 4.78 is 11.6. The fourth-order valence-corrected chi connectivity index (χ4v) is 5.14. The molecule has 0 radical (unpaired) electrons. The van der Waals surface area contributed by atoms with E-state index in [4.69, 9.17) is 9.47 Å². The van der Waals surface area contributed by atoms with Crippen LogP contribution in [0.2, 0.25) is 0 Å². The van der Waals surface area contributed by atoms with Gasteiger partial charge in [0.05, 0.1) is 14.2 Å². The SMILES string of the molecule is COC1=CCCC23CNC(=O)CC2C(c2ccccc2)CC(OC)=C13. The highest BCUT2D eigenvalue weighted by Gasteiger charge is 2.55. The molecule has 4 heteroatoms. The minimum absolute atomic E-state index is 0.0991. The van der Waals surface area contributed by atoms with Crippen molar-refractivity contribution in [3.63, 3.8) is 0 Å². The number of benzene rings is 1. The van der Waals surface area contributed by atoms with Gasteiger partial charge in [0.1, 0.15) is 11.5 Å². The first-order valence-corrected chi connectivity index (χ1v) is 9.03. The Morgan fingerprint density at radius 3 is 2.64 bits per heavy atom. The van der Waals surface area contributed by atoms with Crippen molar-refractivity contribution in [3.8, 4) is 0 Å². The molecule has 1 N–H and O–H groups in total. The first kappa shape index (κ1) is 16.2. The molecule has 3 unspecified atom stereocenters. The Kier molecular flexibility index (Phi) is 4.06. The quantitative estimate of drug-likeness (QED) is 0.916. The molecule has 0 aromatic heterocycles. The molecule has 1 aromatic rings. The van der Waals surface area contributed by atoms with Gasteiger partial charge in [0.2, 0.25) is 5.91 Å². The van der Waals surface area contributed by atoms with E-state index in [0.717, 1.165) is 30.8 Å². The average Bonchev–Trinajstić information content (AvgIpc) is 2.66. The van der Waals surface area contributed by atoms with Gasteiger partial charge >= 0.3 is 0 Å². The van der Waals surface area contributed by atoms with Crippen LogP contribution in [-0.2, 0) is 14.3 Å².